The number of hydrogen-bond donors (Lipinski definition) is 3. The molecule has 2 rings (SSSR count). The summed E-state index contributed by atoms with van der Waals surface area (Å²) in [4.78, 5) is 15.4. The molecule has 20 heavy (non-hydrogen) atoms. The van der Waals surface area contributed by atoms with Crippen LogP contribution in [0.25, 0.3) is 10.9 Å². The van der Waals surface area contributed by atoms with Crippen molar-refractivity contribution in [1.82, 2.24) is 10.3 Å². The van der Waals surface area contributed by atoms with Gasteiger partial charge in [-0.15, -0.1) is 0 Å². The highest BCUT2D eigenvalue weighted by atomic mass is 16.3. The largest absolute Gasteiger partial charge is 0.396 e. The summed E-state index contributed by atoms with van der Waals surface area (Å²) in [7, 11) is 0. The van der Waals surface area contributed by atoms with Crippen LogP contribution >= 0.6 is 0 Å². The lowest BCUT2D eigenvalue weighted by Crippen LogP contribution is -2.35. The van der Waals surface area contributed by atoms with Crippen molar-refractivity contribution in [2.45, 2.75) is 39.7 Å². The molecule has 1 unspecified atom stereocenters. The van der Waals surface area contributed by atoms with Crippen LogP contribution in [0.1, 0.15) is 41.4 Å². The minimum atomic E-state index is -0.112. The Morgan fingerprint density at radius 2 is 2.15 bits per heavy atom. The summed E-state index contributed by atoms with van der Waals surface area (Å²) < 4.78 is 0. The molecule has 1 aromatic carbocycles. The van der Waals surface area contributed by atoms with Crippen molar-refractivity contribution in [1.29, 1.82) is 0 Å². The van der Waals surface area contributed by atoms with Gasteiger partial charge in [-0.2, -0.15) is 0 Å². The maximum Gasteiger partial charge on any atom is 0.267 e. The number of benzene rings is 1. The Morgan fingerprint density at radius 3 is 2.80 bits per heavy atom. The molecule has 3 N–H and O–H groups in total. The molecule has 1 atom stereocenters. The number of amides is 1. The lowest BCUT2D eigenvalue weighted by molar-refractivity contribution is 0.0925. The fourth-order valence-electron chi connectivity index (χ4n) is 2.38. The van der Waals surface area contributed by atoms with E-state index in [1.807, 2.05) is 19.1 Å². The van der Waals surface area contributed by atoms with Crippen molar-refractivity contribution in [2.75, 3.05) is 6.61 Å². The minimum absolute atomic E-state index is 0.0155. The number of hydrogen-bond acceptors (Lipinski definition) is 2. The van der Waals surface area contributed by atoms with Crippen molar-refractivity contribution in [3.8, 4) is 0 Å². The normalized spacial score (nSPS) is 12.6. The number of H-pyrrole nitrogens is 1. The van der Waals surface area contributed by atoms with Crippen LogP contribution in [0.15, 0.2) is 18.2 Å². The number of aryl methyl sites for hydroxylation is 2. The van der Waals surface area contributed by atoms with E-state index in [-0.39, 0.29) is 18.6 Å². The van der Waals surface area contributed by atoms with Gasteiger partial charge in [0.05, 0.1) is 0 Å². The molecule has 108 valence electrons. The molecule has 4 heteroatoms. The molecule has 0 aliphatic carbocycles. The van der Waals surface area contributed by atoms with E-state index in [2.05, 4.69) is 30.2 Å². The first-order valence-corrected chi connectivity index (χ1v) is 7.07. The topological polar surface area (TPSA) is 65.1 Å². The number of rotatable bonds is 5. The second-order valence-corrected chi connectivity index (χ2v) is 5.24. The SMILES string of the molecule is CCC(CCO)NC(=O)c1cc2c(C)c(C)ccc2[nH]1. The number of fused-ring (bicyclic) bond motifs is 1. The van der Waals surface area contributed by atoms with E-state index in [1.54, 1.807) is 0 Å². The van der Waals surface area contributed by atoms with E-state index >= 15 is 0 Å². The lowest BCUT2D eigenvalue weighted by atomic mass is 10.1. The molecular weight excluding hydrogens is 252 g/mol. The highest BCUT2D eigenvalue weighted by molar-refractivity contribution is 5.99. The average molecular weight is 274 g/mol. The Morgan fingerprint density at radius 1 is 1.40 bits per heavy atom. The fraction of sp³-hybridized carbons (Fsp3) is 0.438. The zero-order valence-electron chi connectivity index (χ0n) is 12.3. The van der Waals surface area contributed by atoms with Gasteiger partial charge in [-0.3, -0.25) is 4.79 Å². The Labute approximate surface area is 119 Å². The summed E-state index contributed by atoms with van der Waals surface area (Å²) in [5.74, 6) is -0.112. The first-order valence-electron chi connectivity index (χ1n) is 7.07. The number of nitrogens with one attached hydrogen (secondary N) is 2. The van der Waals surface area contributed by atoms with Gasteiger partial charge in [-0.1, -0.05) is 13.0 Å². The summed E-state index contributed by atoms with van der Waals surface area (Å²) in [5, 5.41) is 13.0. The van der Waals surface area contributed by atoms with Gasteiger partial charge in [0.25, 0.3) is 5.91 Å². The zero-order valence-corrected chi connectivity index (χ0v) is 12.3. The van der Waals surface area contributed by atoms with Gasteiger partial charge in [-0.25, -0.2) is 0 Å². The maximum absolute atomic E-state index is 12.2. The Hall–Kier alpha value is -1.81. The summed E-state index contributed by atoms with van der Waals surface area (Å²) in [6.45, 7) is 6.22. The monoisotopic (exact) mass is 274 g/mol. The van der Waals surface area contributed by atoms with Crippen molar-refractivity contribution < 1.29 is 9.90 Å². The fourth-order valence-corrected chi connectivity index (χ4v) is 2.38. The number of carbonyl (C=O) groups is 1. The predicted octanol–water partition coefficient (Wildman–Crippen LogP) is 2.68. The van der Waals surface area contributed by atoms with E-state index in [0.717, 1.165) is 17.3 Å². The average Bonchev–Trinajstić information content (AvgIpc) is 2.87. The molecule has 0 spiro atoms. The van der Waals surface area contributed by atoms with Gasteiger partial charge in [0.15, 0.2) is 0 Å². The third-order valence-corrected chi connectivity index (χ3v) is 3.89. The summed E-state index contributed by atoms with van der Waals surface area (Å²) in [6, 6.07) is 5.97. The van der Waals surface area contributed by atoms with Crippen LogP contribution in [0.2, 0.25) is 0 Å². The molecule has 0 aliphatic heterocycles. The molecule has 0 saturated heterocycles. The first kappa shape index (κ1) is 14.6. The highest BCUT2D eigenvalue weighted by Crippen LogP contribution is 2.22. The van der Waals surface area contributed by atoms with Crippen molar-refractivity contribution >= 4 is 16.8 Å². The molecular formula is C16H22N2O2. The molecule has 1 aromatic heterocycles. The van der Waals surface area contributed by atoms with Gasteiger partial charge < -0.3 is 15.4 Å². The molecule has 1 heterocycles. The van der Waals surface area contributed by atoms with Crippen molar-refractivity contribution in [2.24, 2.45) is 0 Å². The first-order chi connectivity index (χ1) is 9.56. The third kappa shape index (κ3) is 2.85. The molecule has 0 aliphatic rings. The number of aromatic nitrogens is 1. The Kier molecular flexibility index (Phi) is 4.45. The van der Waals surface area contributed by atoms with Crippen LogP contribution in [0.3, 0.4) is 0 Å². The second-order valence-electron chi connectivity index (χ2n) is 5.24. The van der Waals surface area contributed by atoms with E-state index in [0.29, 0.717) is 12.1 Å². The molecule has 0 fully saturated rings. The number of aliphatic hydroxyl groups excluding tert-OH is 1. The highest BCUT2D eigenvalue weighted by Gasteiger charge is 2.14. The summed E-state index contributed by atoms with van der Waals surface area (Å²) >= 11 is 0. The maximum atomic E-state index is 12.2. The van der Waals surface area contributed by atoms with Gasteiger partial charge in [0, 0.05) is 23.6 Å². The van der Waals surface area contributed by atoms with Crippen LogP contribution < -0.4 is 5.32 Å². The summed E-state index contributed by atoms with van der Waals surface area (Å²) in [6.07, 6.45) is 1.39. The van der Waals surface area contributed by atoms with E-state index in [1.165, 1.54) is 11.1 Å². The number of aliphatic hydroxyl groups is 1. The van der Waals surface area contributed by atoms with Gasteiger partial charge in [0.2, 0.25) is 0 Å². The smallest absolute Gasteiger partial charge is 0.267 e. The quantitative estimate of drug-likeness (QED) is 0.785. The lowest BCUT2D eigenvalue weighted by Gasteiger charge is -2.14. The number of carbonyl (C=O) groups excluding carboxylic acids is 1. The van der Waals surface area contributed by atoms with Crippen molar-refractivity contribution in [3.05, 3.63) is 35.0 Å². The van der Waals surface area contributed by atoms with Gasteiger partial charge in [-0.05, 0) is 49.9 Å². The van der Waals surface area contributed by atoms with Crippen molar-refractivity contribution in [3.63, 3.8) is 0 Å². The van der Waals surface area contributed by atoms with Crippen LogP contribution in [0, 0.1) is 13.8 Å². The standard InChI is InChI=1S/C16H22N2O2/c1-4-12(7-8-19)17-16(20)15-9-13-11(3)10(2)5-6-14(13)18-15/h5-6,9,12,18-19H,4,7-8H2,1-3H3,(H,17,20). The van der Waals surface area contributed by atoms with Crippen LogP contribution in [0.4, 0.5) is 0 Å². The molecule has 4 nitrogen and oxygen atoms in total. The van der Waals surface area contributed by atoms with E-state index in [4.69, 9.17) is 5.11 Å². The van der Waals surface area contributed by atoms with E-state index < -0.39 is 0 Å². The Balaban J connectivity index is 2.24. The van der Waals surface area contributed by atoms with E-state index in [9.17, 15) is 4.79 Å². The summed E-state index contributed by atoms with van der Waals surface area (Å²) in [5.41, 5.74) is 3.97. The third-order valence-electron chi connectivity index (χ3n) is 3.89. The van der Waals surface area contributed by atoms with Gasteiger partial charge in [0.1, 0.15) is 5.69 Å². The van der Waals surface area contributed by atoms with Crippen LogP contribution in [-0.2, 0) is 0 Å². The van der Waals surface area contributed by atoms with Gasteiger partial charge >= 0.3 is 0 Å². The zero-order chi connectivity index (χ0) is 14.7. The molecule has 1 amide bonds. The molecule has 2 aromatic rings. The Bertz CT molecular complexity index is 616. The molecule has 0 saturated carbocycles. The minimum Gasteiger partial charge on any atom is -0.396 e. The predicted molar refractivity (Wildman–Crippen MR) is 81.0 cm³/mol. The van der Waals surface area contributed by atoms with Crippen LogP contribution in [-0.4, -0.2) is 28.6 Å². The number of aromatic amines is 1. The second kappa shape index (κ2) is 6.09. The van der Waals surface area contributed by atoms with Crippen LogP contribution in [0.5, 0.6) is 0 Å². The molecule has 0 radical (unpaired) electrons. The molecule has 0 bridgehead atoms.